The molecule has 2 N–H and O–H groups in total. The van der Waals surface area contributed by atoms with Crippen LogP contribution in [0.4, 0.5) is 4.39 Å². The van der Waals surface area contributed by atoms with Crippen LogP contribution in [0, 0.1) is 17.7 Å². The van der Waals surface area contributed by atoms with E-state index in [0.717, 1.165) is 0 Å². The largest absolute Gasteiger partial charge is 0.478 e. The molecule has 0 amide bonds. The molecular weight excluding hydrogens is 419 g/mol. The minimum absolute atomic E-state index is 0.0433. The monoisotopic (exact) mass is 438 g/mol. The third-order valence-corrected chi connectivity index (χ3v) is 4.09. The number of carboxylic acids is 1. The molecule has 0 atom stereocenters. The summed E-state index contributed by atoms with van der Waals surface area (Å²) in [6.07, 6.45) is 7.23. The number of nitrogens with one attached hydrogen (secondary N) is 1. The van der Waals surface area contributed by atoms with Gasteiger partial charge in [-0.1, -0.05) is 48.2 Å². The van der Waals surface area contributed by atoms with Crippen molar-refractivity contribution in [1.82, 2.24) is 9.97 Å². The minimum atomic E-state index is -1.10. The van der Waals surface area contributed by atoms with Crippen LogP contribution in [0.1, 0.15) is 30.8 Å². The van der Waals surface area contributed by atoms with E-state index in [0.29, 0.717) is 28.1 Å². The first-order chi connectivity index (χ1) is 14.8. The molecule has 7 heteroatoms. The summed E-state index contributed by atoms with van der Waals surface area (Å²) in [4.78, 5) is 18.5. The van der Waals surface area contributed by atoms with Crippen LogP contribution in [0.3, 0.4) is 0 Å². The minimum Gasteiger partial charge on any atom is -0.478 e. The summed E-state index contributed by atoms with van der Waals surface area (Å²) in [5.74, 6) is 4.18. The molecule has 0 unspecified atom stereocenters. The molecule has 0 saturated carbocycles. The van der Waals surface area contributed by atoms with Crippen LogP contribution in [-0.4, -0.2) is 21.0 Å². The molecule has 2 aromatic rings. The van der Waals surface area contributed by atoms with Gasteiger partial charge in [0.25, 0.3) is 6.01 Å². The number of carbonyl (C=O) groups is 1. The lowest BCUT2D eigenvalue weighted by atomic mass is 10.1. The number of rotatable bonds is 7. The summed E-state index contributed by atoms with van der Waals surface area (Å²) >= 11 is 5.68. The zero-order chi connectivity index (χ0) is 22.8. The van der Waals surface area contributed by atoms with E-state index in [1.165, 1.54) is 30.0 Å². The predicted octanol–water partition coefficient (Wildman–Crippen LogP) is 5.69. The van der Waals surface area contributed by atoms with E-state index in [4.69, 9.17) is 16.3 Å². The summed E-state index contributed by atoms with van der Waals surface area (Å²) in [5.41, 5.74) is 3.83. The van der Waals surface area contributed by atoms with Gasteiger partial charge < -0.3 is 14.8 Å². The molecule has 0 spiro atoms. The molecule has 31 heavy (non-hydrogen) atoms. The Bertz CT molecular complexity index is 1160. The smallest absolute Gasteiger partial charge is 0.336 e. The van der Waals surface area contributed by atoms with Crippen LogP contribution in [0.15, 0.2) is 71.5 Å². The van der Waals surface area contributed by atoms with Crippen molar-refractivity contribution in [3.63, 3.8) is 0 Å². The maximum atomic E-state index is 13.7. The van der Waals surface area contributed by atoms with Gasteiger partial charge in [-0.05, 0) is 49.8 Å². The van der Waals surface area contributed by atoms with Crippen molar-refractivity contribution in [2.45, 2.75) is 13.8 Å². The highest BCUT2D eigenvalue weighted by Gasteiger charge is 2.09. The van der Waals surface area contributed by atoms with Gasteiger partial charge in [-0.2, -0.15) is 4.98 Å². The second-order valence-corrected chi connectivity index (χ2v) is 6.47. The number of aromatic nitrogens is 2. The standard InChI is InChI=1S/C24H20ClFN2O3/c1-4-17(3)19(23(29)30)12-14-31-24-27-21(11-13-25)22(28-24)15-16(2)9-10-18-7-5-6-8-20(18)26/h4-8,11-15H,1H2,2-3H3,(H,27,28)(H,29,30)/b13-11+,14-12+,16-15+,19-17+. The molecule has 1 heterocycles. The molecule has 158 valence electrons. The number of hydrogen-bond donors (Lipinski definition) is 2. The second kappa shape index (κ2) is 11.4. The van der Waals surface area contributed by atoms with Gasteiger partial charge in [0.05, 0.1) is 28.8 Å². The molecular formula is C24H20ClFN2O3. The first kappa shape index (κ1) is 23.5. The molecule has 1 aromatic carbocycles. The number of H-pyrrole nitrogens is 1. The third kappa shape index (κ3) is 6.88. The van der Waals surface area contributed by atoms with E-state index < -0.39 is 5.97 Å². The maximum absolute atomic E-state index is 13.7. The van der Waals surface area contributed by atoms with Gasteiger partial charge in [0.1, 0.15) is 5.82 Å². The Morgan fingerprint density at radius 2 is 2.10 bits per heavy atom. The quantitative estimate of drug-likeness (QED) is 0.252. The van der Waals surface area contributed by atoms with Crippen LogP contribution in [0.5, 0.6) is 6.01 Å². The zero-order valence-corrected chi connectivity index (χ0v) is 17.7. The van der Waals surface area contributed by atoms with Gasteiger partial charge in [0.2, 0.25) is 0 Å². The Labute approximate surface area is 184 Å². The van der Waals surface area contributed by atoms with Gasteiger partial charge in [0, 0.05) is 11.1 Å². The number of ether oxygens (including phenoxy) is 1. The zero-order valence-electron chi connectivity index (χ0n) is 16.9. The van der Waals surface area contributed by atoms with E-state index in [-0.39, 0.29) is 17.4 Å². The molecule has 0 saturated heterocycles. The van der Waals surface area contributed by atoms with E-state index in [1.807, 2.05) is 0 Å². The Morgan fingerprint density at radius 3 is 2.74 bits per heavy atom. The van der Waals surface area contributed by atoms with Gasteiger partial charge in [-0.15, -0.1) is 0 Å². The Hall–Kier alpha value is -3.82. The SMILES string of the molecule is C=C/C(C)=C(\C=C\Oc1nc(/C=C/Cl)c(/C=C(\C)C#Cc2ccccc2F)[nH]1)C(=O)O. The molecule has 0 fully saturated rings. The maximum Gasteiger partial charge on any atom is 0.336 e. The van der Waals surface area contributed by atoms with Gasteiger partial charge in [-0.25, -0.2) is 9.18 Å². The van der Waals surface area contributed by atoms with Crippen molar-refractivity contribution in [3.05, 3.63) is 94.3 Å². The number of allylic oxidation sites excluding steroid dienone is 3. The summed E-state index contributed by atoms with van der Waals surface area (Å²) < 4.78 is 19.1. The van der Waals surface area contributed by atoms with E-state index in [9.17, 15) is 14.3 Å². The van der Waals surface area contributed by atoms with Crippen LogP contribution in [0.2, 0.25) is 0 Å². The first-order valence-electron chi connectivity index (χ1n) is 9.07. The molecule has 0 radical (unpaired) electrons. The number of hydrogen-bond acceptors (Lipinski definition) is 3. The Morgan fingerprint density at radius 1 is 1.35 bits per heavy atom. The fourth-order valence-corrected chi connectivity index (χ4v) is 2.48. The fraction of sp³-hybridized carbons (Fsp3) is 0.0833. The van der Waals surface area contributed by atoms with E-state index in [1.54, 1.807) is 44.2 Å². The van der Waals surface area contributed by atoms with Crippen molar-refractivity contribution in [2.24, 2.45) is 0 Å². The number of aliphatic carboxylic acids is 1. The van der Waals surface area contributed by atoms with Crippen molar-refractivity contribution in [1.29, 1.82) is 0 Å². The van der Waals surface area contributed by atoms with Crippen molar-refractivity contribution in [3.8, 4) is 17.9 Å². The lowest BCUT2D eigenvalue weighted by Gasteiger charge is -1.99. The number of carboxylic acid groups (broad SMARTS) is 1. The first-order valence-corrected chi connectivity index (χ1v) is 9.50. The summed E-state index contributed by atoms with van der Waals surface area (Å²) in [6.45, 7) is 6.96. The highest BCUT2D eigenvalue weighted by Crippen LogP contribution is 2.18. The van der Waals surface area contributed by atoms with Crippen molar-refractivity contribution < 1.29 is 19.0 Å². The Kier molecular flexibility index (Phi) is 8.62. The van der Waals surface area contributed by atoms with Crippen LogP contribution >= 0.6 is 11.6 Å². The highest BCUT2D eigenvalue weighted by molar-refractivity contribution is 6.27. The number of nitrogens with zero attached hydrogens (tertiary/aromatic N) is 1. The van der Waals surface area contributed by atoms with E-state index >= 15 is 0 Å². The molecule has 0 aliphatic carbocycles. The van der Waals surface area contributed by atoms with Gasteiger partial charge >= 0.3 is 5.97 Å². The number of imidazole rings is 1. The van der Waals surface area contributed by atoms with Crippen molar-refractivity contribution >= 4 is 29.7 Å². The second-order valence-electron chi connectivity index (χ2n) is 6.22. The summed E-state index contributed by atoms with van der Waals surface area (Å²) in [7, 11) is 0. The fourth-order valence-electron chi connectivity index (χ4n) is 2.36. The average Bonchev–Trinajstić information content (AvgIpc) is 3.11. The Balaban J connectivity index is 2.27. The molecule has 0 aliphatic heterocycles. The normalized spacial score (nSPS) is 12.5. The molecule has 1 aromatic heterocycles. The van der Waals surface area contributed by atoms with Crippen LogP contribution in [0.25, 0.3) is 12.2 Å². The number of benzene rings is 1. The van der Waals surface area contributed by atoms with Crippen LogP contribution < -0.4 is 4.74 Å². The van der Waals surface area contributed by atoms with E-state index in [2.05, 4.69) is 28.4 Å². The topological polar surface area (TPSA) is 75.2 Å². The highest BCUT2D eigenvalue weighted by atomic mass is 35.5. The summed E-state index contributed by atoms with van der Waals surface area (Å²) in [5, 5.41) is 9.24. The van der Waals surface area contributed by atoms with Gasteiger partial charge in [0.15, 0.2) is 0 Å². The predicted molar refractivity (Wildman–Crippen MR) is 121 cm³/mol. The summed E-state index contributed by atoms with van der Waals surface area (Å²) in [6, 6.07) is 6.38. The molecule has 5 nitrogen and oxygen atoms in total. The lowest BCUT2D eigenvalue weighted by molar-refractivity contribution is -0.132. The lowest BCUT2D eigenvalue weighted by Crippen LogP contribution is -2.00. The number of halogens is 2. The third-order valence-electron chi connectivity index (χ3n) is 3.97. The molecule has 2 rings (SSSR count). The van der Waals surface area contributed by atoms with Crippen LogP contribution in [-0.2, 0) is 4.79 Å². The molecule has 0 aliphatic rings. The molecule has 0 bridgehead atoms. The van der Waals surface area contributed by atoms with Gasteiger partial charge in [-0.3, -0.25) is 0 Å². The average molecular weight is 439 g/mol. The van der Waals surface area contributed by atoms with Crippen molar-refractivity contribution in [2.75, 3.05) is 0 Å². The number of aromatic amines is 1.